The minimum absolute atomic E-state index is 0.00130. The summed E-state index contributed by atoms with van der Waals surface area (Å²) in [5.41, 5.74) is 2.25. The van der Waals surface area contributed by atoms with Crippen LogP contribution in [-0.4, -0.2) is 20.1 Å². The largest absolute Gasteiger partial charge is 0.392 e. The molecule has 11 heavy (non-hydrogen) atoms. The van der Waals surface area contributed by atoms with Gasteiger partial charge in [0.05, 0.1) is 6.61 Å². The van der Waals surface area contributed by atoms with E-state index < -0.39 is 0 Å². The Kier molecular flexibility index (Phi) is 1.33. The molecule has 2 aromatic heterocycles. The van der Waals surface area contributed by atoms with Crippen LogP contribution in [0, 0.1) is 0 Å². The van der Waals surface area contributed by atoms with Crippen LogP contribution >= 0.6 is 0 Å². The van der Waals surface area contributed by atoms with Crippen LogP contribution in [0.15, 0.2) is 18.6 Å². The summed E-state index contributed by atoms with van der Waals surface area (Å²) in [6, 6.07) is 0. The molecular formula is C7H7N3O. The molecule has 0 bridgehead atoms. The second-order valence-corrected chi connectivity index (χ2v) is 2.23. The van der Waals surface area contributed by atoms with E-state index in [9.17, 15) is 0 Å². The molecule has 0 aromatic carbocycles. The van der Waals surface area contributed by atoms with Crippen LogP contribution in [0.3, 0.4) is 0 Å². The quantitative estimate of drug-likeness (QED) is 0.618. The van der Waals surface area contributed by atoms with Crippen molar-refractivity contribution in [3.63, 3.8) is 0 Å². The number of H-pyrrole nitrogens is 1. The first-order valence-electron chi connectivity index (χ1n) is 3.29. The molecule has 4 nitrogen and oxygen atoms in total. The van der Waals surface area contributed by atoms with Crippen LogP contribution in [0.4, 0.5) is 0 Å². The van der Waals surface area contributed by atoms with Crippen LogP contribution in [0.25, 0.3) is 11.2 Å². The highest BCUT2D eigenvalue weighted by atomic mass is 16.3. The van der Waals surface area contributed by atoms with Gasteiger partial charge in [-0.2, -0.15) is 0 Å². The third-order valence-electron chi connectivity index (χ3n) is 1.56. The van der Waals surface area contributed by atoms with Gasteiger partial charge in [0.1, 0.15) is 5.52 Å². The summed E-state index contributed by atoms with van der Waals surface area (Å²) in [7, 11) is 0. The fourth-order valence-corrected chi connectivity index (χ4v) is 1.02. The summed E-state index contributed by atoms with van der Waals surface area (Å²) in [4.78, 5) is 11.0. The molecule has 0 saturated carbocycles. The zero-order chi connectivity index (χ0) is 7.68. The summed E-state index contributed by atoms with van der Waals surface area (Å²) in [6.45, 7) is -0.00130. The van der Waals surface area contributed by atoms with Gasteiger partial charge in [-0.3, -0.25) is 4.98 Å². The van der Waals surface area contributed by atoms with E-state index in [0.717, 1.165) is 16.7 Å². The van der Waals surface area contributed by atoms with Crippen molar-refractivity contribution in [3.05, 3.63) is 24.2 Å². The molecule has 0 aliphatic carbocycles. The van der Waals surface area contributed by atoms with Crippen molar-refractivity contribution in [2.75, 3.05) is 0 Å². The molecule has 0 unspecified atom stereocenters. The summed E-state index contributed by atoms with van der Waals surface area (Å²) in [5.74, 6) is 0. The Balaban J connectivity index is 2.76. The van der Waals surface area contributed by atoms with E-state index >= 15 is 0 Å². The van der Waals surface area contributed by atoms with E-state index in [0.29, 0.717) is 0 Å². The predicted molar refractivity (Wildman–Crippen MR) is 39.8 cm³/mol. The number of hydrogen-bond donors (Lipinski definition) is 2. The van der Waals surface area contributed by atoms with Gasteiger partial charge in [0.25, 0.3) is 0 Å². The second-order valence-electron chi connectivity index (χ2n) is 2.23. The van der Waals surface area contributed by atoms with Crippen molar-refractivity contribution in [2.45, 2.75) is 6.61 Å². The van der Waals surface area contributed by atoms with Crippen molar-refractivity contribution in [3.8, 4) is 0 Å². The maximum Gasteiger partial charge on any atom is 0.156 e. The van der Waals surface area contributed by atoms with Gasteiger partial charge in [0.15, 0.2) is 5.65 Å². The zero-order valence-electron chi connectivity index (χ0n) is 5.78. The van der Waals surface area contributed by atoms with Gasteiger partial charge in [-0.05, 0) is 0 Å². The number of nitrogens with one attached hydrogen (secondary N) is 1. The number of fused-ring (bicyclic) bond motifs is 1. The third kappa shape index (κ3) is 0.877. The van der Waals surface area contributed by atoms with Crippen molar-refractivity contribution in [1.82, 2.24) is 15.0 Å². The summed E-state index contributed by atoms with van der Waals surface area (Å²) < 4.78 is 0. The Morgan fingerprint density at radius 2 is 2.18 bits per heavy atom. The molecular weight excluding hydrogens is 142 g/mol. The molecule has 56 valence electrons. The van der Waals surface area contributed by atoms with Gasteiger partial charge >= 0.3 is 0 Å². The van der Waals surface area contributed by atoms with Crippen LogP contribution in [0.1, 0.15) is 5.56 Å². The van der Waals surface area contributed by atoms with Gasteiger partial charge in [-0.1, -0.05) is 0 Å². The molecule has 2 heterocycles. The van der Waals surface area contributed by atoms with E-state index in [1.165, 1.54) is 0 Å². The van der Waals surface area contributed by atoms with Crippen LogP contribution in [-0.2, 0) is 6.61 Å². The lowest BCUT2D eigenvalue weighted by molar-refractivity contribution is 0.283. The van der Waals surface area contributed by atoms with Crippen molar-refractivity contribution in [1.29, 1.82) is 0 Å². The number of rotatable bonds is 1. The fraction of sp³-hybridized carbons (Fsp3) is 0.143. The molecule has 0 spiro atoms. The number of aromatic nitrogens is 3. The van der Waals surface area contributed by atoms with E-state index in [1.807, 2.05) is 0 Å². The minimum Gasteiger partial charge on any atom is -0.392 e. The number of aliphatic hydroxyl groups is 1. The Labute approximate surface area is 62.9 Å². The van der Waals surface area contributed by atoms with E-state index in [2.05, 4.69) is 15.0 Å². The third-order valence-corrected chi connectivity index (χ3v) is 1.56. The fourth-order valence-electron chi connectivity index (χ4n) is 1.02. The van der Waals surface area contributed by atoms with E-state index in [4.69, 9.17) is 5.11 Å². The standard InChI is InChI=1S/C7H7N3O/c11-4-5-3-10-7-6(5)8-1-2-9-7/h1-3,11H,4H2,(H,9,10). The highest BCUT2D eigenvalue weighted by Gasteiger charge is 2.01. The average Bonchev–Trinajstić information content (AvgIpc) is 2.47. The lowest BCUT2D eigenvalue weighted by Gasteiger charge is -1.88. The van der Waals surface area contributed by atoms with Gasteiger partial charge in [-0.15, -0.1) is 0 Å². The highest BCUT2D eigenvalue weighted by molar-refractivity contribution is 5.74. The monoisotopic (exact) mass is 149 g/mol. The lowest BCUT2D eigenvalue weighted by atomic mass is 10.3. The molecule has 0 fully saturated rings. The van der Waals surface area contributed by atoms with Gasteiger partial charge in [0.2, 0.25) is 0 Å². The normalized spacial score (nSPS) is 10.6. The summed E-state index contributed by atoms with van der Waals surface area (Å²) >= 11 is 0. The lowest BCUT2D eigenvalue weighted by Crippen LogP contribution is -1.82. The number of aliphatic hydroxyl groups excluding tert-OH is 1. The van der Waals surface area contributed by atoms with Gasteiger partial charge in [0, 0.05) is 24.2 Å². The van der Waals surface area contributed by atoms with Crippen LogP contribution in [0.2, 0.25) is 0 Å². The summed E-state index contributed by atoms with van der Waals surface area (Å²) in [6.07, 6.45) is 4.93. The average molecular weight is 149 g/mol. The molecule has 0 radical (unpaired) electrons. The number of aromatic amines is 1. The predicted octanol–water partition coefficient (Wildman–Crippen LogP) is 0.450. The van der Waals surface area contributed by atoms with E-state index in [-0.39, 0.29) is 6.61 Å². The number of nitrogens with zero attached hydrogens (tertiary/aromatic N) is 2. The molecule has 0 saturated heterocycles. The molecule has 0 aliphatic rings. The zero-order valence-corrected chi connectivity index (χ0v) is 5.78. The molecule has 0 amide bonds. The van der Waals surface area contributed by atoms with Gasteiger partial charge < -0.3 is 10.1 Å². The molecule has 2 aromatic rings. The van der Waals surface area contributed by atoms with Crippen molar-refractivity contribution >= 4 is 11.2 Å². The first-order valence-corrected chi connectivity index (χ1v) is 3.29. The van der Waals surface area contributed by atoms with Crippen LogP contribution < -0.4 is 0 Å². The molecule has 4 heteroatoms. The van der Waals surface area contributed by atoms with Crippen LogP contribution in [0.5, 0.6) is 0 Å². The Morgan fingerprint density at radius 1 is 1.36 bits per heavy atom. The Bertz CT molecular complexity index is 368. The highest BCUT2D eigenvalue weighted by Crippen LogP contribution is 2.11. The van der Waals surface area contributed by atoms with Gasteiger partial charge in [-0.25, -0.2) is 4.98 Å². The maximum absolute atomic E-state index is 8.84. The first kappa shape index (κ1) is 6.30. The van der Waals surface area contributed by atoms with Crippen molar-refractivity contribution < 1.29 is 5.11 Å². The summed E-state index contributed by atoms with van der Waals surface area (Å²) in [5, 5.41) is 8.84. The molecule has 2 rings (SSSR count). The Hall–Kier alpha value is -1.42. The van der Waals surface area contributed by atoms with E-state index in [1.54, 1.807) is 18.6 Å². The molecule has 2 N–H and O–H groups in total. The molecule has 0 atom stereocenters. The SMILES string of the molecule is OCc1c[nH]c2nccnc12. The maximum atomic E-state index is 8.84. The topological polar surface area (TPSA) is 61.8 Å². The minimum atomic E-state index is -0.00130. The number of hydrogen-bond acceptors (Lipinski definition) is 3. The first-order chi connectivity index (χ1) is 5.42. The van der Waals surface area contributed by atoms with Crippen molar-refractivity contribution in [2.24, 2.45) is 0 Å². The smallest absolute Gasteiger partial charge is 0.156 e. The Morgan fingerprint density at radius 3 is 3.00 bits per heavy atom. The second kappa shape index (κ2) is 2.32. The molecule has 0 aliphatic heterocycles.